The molecule has 0 unspecified atom stereocenters. The molecule has 0 saturated carbocycles. The van der Waals surface area contributed by atoms with E-state index in [0.717, 1.165) is 11.1 Å². The molecule has 0 bridgehead atoms. The molecule has 14 heteroatoms. The Morgan fingerprint density at radius 3 is 2.33 bits per heavy atom. The highest BCUT2D eigenvalue weighted by Crippen LogP contribution is 2.41. The van der Waals surface area contributed by atoms with E-state index in [9.17, 15) is 14.4 Å². The first-order chi connectivity index (χ1) is 21.5. The number of nitrogens with one attached hydrogen (secondary N) is 2. The topological polar surface area (TPSA) is 116 Å². The molecule has 0 radical (unpaired) electrons. The fraction of sp³-hybridized carbons (Fsp3) is 0.355. The van der Waals surface area contributed by atoms with E-state index in [-0.39, 0.29) is 44.2 Å². The van der Waals surface area contributed by atoms with Gasteiger partial charge in [-0.1, -0.05) is 115 Å². The fourth-order valence-corrected chi connectivity index (χ4v) is 5.85. The second-order valence-corrected chi connectivity index (χ2v) is 13.0. The van der Waals surface area contributed by atoms with Crippen molar-refractivity contribution in [2.24, 2.45) is 4.99 Å². The number of rotatable bonds is 9. The lowest BCUT2D eigenvalue weighted by Gasteiger charge is -2.50. The number of halogens is 3. The standard InChI is InChI=1S/C31H33Cl3N6O5/c1-3-24-26-30(16-10-17-39(30)28(35-24)36-27(42)31(32,33)34)37-21(2)38(26)18-15-25(41)40(45-20-23-13-8-5-9-14-23)29(43)44-19-22-11-6-4-7-12-22/h4-14,16,24,26,37H,2-3,15,17-20H2,1H3,(H,35,36,42)/t24-,26-,30+/m0/s1. The van der Waals surface area contributed by atoms with Crippen LogP contribution in [0, 0.1) is 0 Å². The summed E-state index contributed by atoms with van der Waals surface area (Å²) in [6, 6.07) is 17.9. The number of aliphatic imine (C=N–C) groups is 1. The number of carbonyl (C=O) groups is 3. The van der Waals surface area contributed by atoms with Gasteiger partial charge in [0.2, 0.25) is 5.96 Å². The van der Waals surface area contributed by atoms with Crippen molar-refractivity contribution in [2.45, 2.75) is 54.5 Å². The Balaban J connectivity index is 1.32. The minimum absolute atomic E-state index is 0.00661. The molecule has 11 nitrogen and oxygen atoms in total. The molecule has 0 aliphatic carbocycles. The number of guanidine groups is 1. The van der Waals surface area contributed by atoms with Crippen LogP contribution in [0.5, 0.6) is 0 Å². The number of nitrogens with zero attached hydrogens (tertiary/aromatic N) is 4. The molecule has 2 fully saturated rings. The third-order valence-electron chi connectivity index (χ3n) is 7.79. The maximum atomic E-state index is 13.6. The van der Waals surface area contributed by atoms with Gasteiger partial charge in [0.1, 0.15) is 13.2 Å². The van der Waals surface area contributed by atoms with Crippen LogP contribution in [0.25, 0.3) is 0 Å². The number of ether oxygens (including phenoxy) is 1. The van der Waals surface area contributed by atoms with Gasteiger partial charge in [-0.05, 0) is 23.6 Å². The van der Waals surface area contributed by atoms with Gasteiger partial charge in [-0.2, -0.15) is 4.99 Å². The molecule has 2 aromatic carbocycles. The molecule has 2 N–H and O–H groups in total. The molecule has 238 valence electrons. The smallest absolute Gasteiger partial charge is 0.441 e. The van der Waals surface area contributed by atoms with Gasteiger partial charge in [0.25, 0.3) is 9.70 Å². The van der Waals surface area contributed by atoms with Crippen LogP contribution in [0.2, 0.25) is 0 Å². The molecule has 3 aliphatic heterocycles. The van der Waals surface area contributed by atoms with Gasteiger partial charge in [-0.15, -0.1) is 5.06 Å². The molecule has 45 heavy (non-hydrogen) atoms. The first kappa shape index (κ1) is 32.6. The van der Waals surface area contributed by atoms with Crippen LogP contribution < -0.4 is 10.6 Å². The number of hydrogen-bond acceptors (Lipinski definition) is 7. The van der Waals surface area contributed by atoms with Crippen LogP contribution in [0.4, 0.5) is 4.79 Å². The molecule has 3 heterocycles. The van der Waals surface area contributed by atoms with Gasteiger partial charge in [0, 0.05) is 19.5 Å². The molecule has 3 amide bonds. The second-order valence-electron chi connectivity index (χ2n) is 10.7. The summed E-state index contributed by atoms with van der Waals surface area (Å²) in [5, 5.41) is 7.44. The van der Waals surface area contributed by atoms with Gasteiger partial charge >= 0.3 is 12.0 Å². The predicted octanol–water partition coefficient (Wildman–Crippen LogP) is 4.62. The summed E-state index contributed by atoms with van der Waals surface area (Å²) < 4.78 is 3.23. The van der Waals surface area contributed by atoms with Gasteiger partial charge in [0.15, 0.2) is 5.66 Å². The van der Waals surface area contributed by atoms with E-state index in [4.69, 9.17) is 44.4 Å². The van der Waals surface area contributed by atoms with E-state index >= 15 is 0 Å². The van der Waals surface area contributed by atoms with Crippen molar-refractivity contribution in [2.75, 3.05) is 13.1 Å². The van der Waals surface area contributed by atoms with Gasteiger partial charge in [-0.25, -0.2) is 4.79 Å². The highest BCUT2D eigenvalue weighted by atomic mass is 35.6. The maximum absolute atomic E-state index is 13.6. The van der Waals surface area contributed by atoms with Crippen molar-refractivity contribution in [1.29, 1.82) is 0 Å². The summed E-state index contributed by atoms with van der Waals surface area (Å²) >= 11 is 17.4. The molecule has 3 aliphatic rings. The Hall–Kier alpha value is -3.77. The minimum Gasteiger partial charge on any atom is -0.443 e. The van der Waals surface area contributed by atoms with E-state index in [0.29, 0.717) is 23.8 Å². The first-order valence-electron chi connectivity index (χ1n) is 14.4. The largest absolute Gasteiger partial charge is 0.443 e. The van der Waals surface area contributed by atoms with Crippen LogP contribution >= 0.6 is 34.8 Å². The zero-order valence-electron chi connectivity index (χ0n) is 24.5. The van der Waals surface area contributed by atoms with Crippen molar-refractivity contribution in [3.8, 4) is 0 Å². The number of benzene rings is 2. The lowest BCUT2D eigenvalue weighted by molar-refractivity contribution is -0.179. The third-order valence-corrected chi connectivity index (χ3v) is 8.28. The average molecular weight is 676 g/mol. The molecule has 3 atom stereocenters. The van der Waals surface area contributed by atoms with Crippen molar-refractivity contribution in [1.82, 2.24) is 25.5 Å². The summed E-state index contributed by atoms with van der Waals surface area (Å²) in [4.78, 5) is 52.8. The maximum Gasteiger partial charge on any atom is 0.441 e. The SMILES string of the molecule is C=C1N[C@]23C=CCN2/C(=N/C(=O)C(Cl)(Cl)Cl)N[C@@H](CC)[C@@H]3N1CCC(=O)N(OCc1ccccc1)C(=O)OCc1ccccc1. The van der Waals surface area contributed by atoms with E-state index in [2.05, 4.69) is 22.2 Å². The molecule has 1 spiro atoms. The minimum atomic E-state index is -2.21. The van der Waals surface area contributed by atoms with Crippen LogP contribution in [0.15, 0.2) is 90.2 Å². The second kappa shape index (κ2) is 13.7. The van der Waals surface area contributed by atoms with Crippen LogP contribution in [-0.4, -0.2) is 73.4 Å². The number of hydroxylamine groups is 2. The van der Waals surface area contributed by atoms with Crippen molar-refractivity contribution < 1.29 is 24.0 Å². The number of hydrogen-bond donors (Lipinski definition) is 2. The molecule has 2 saturated heterocycles. The Kier molecular flexibility index (Phi) is 9.93. The van der Waals surface area contributed by atoms with E-state index in [1.54, 1.807) is 0 Å². The van der Waals surface area contributed by atoms with Crippen molar-refractivity contribution in [3.05, 3.63) is 96.3 Å². The first-order valence-corrected chi connectivity index (χ1v) is 15.5. The summed E-state index contributed by atoms with van der Waals surface area (Å²) in [5.74, 6) is -0.676. The van der Waals surface area contributed by atoms with Crippen LogP contribution in [-0.2, 0) is 32.4 Å². The Labute approximate surface area is 276 Å². The van der Waals surface area contributed by atoms with Crippen LogP contribution in [0.3, 0.4) is 0 Å². The fourth-order valence-electron chi connectivity index (χ4n) is 5.72. The number of carbonyl (C=O) groups excluding carboxylic acids is 3. The zero-order chi connectivity index (χ0) is 32.2. The zero-order valence-corrected chi connectivity index (χ0v) is 26.8. The summed E-state index contributed by atoms with van der Waals surface area (Å²) in [6.07, 6.45) is 3.56. The van der Waals surface area contributed by atoms with Gasteiger partial charge < -0.3 is 25.2 Å². The number of imide groups is 1. The number of alkyl halides is 3. The van der Waals surface area contributed by atoms with E-state index in [1.165, 1.54) is 0 Å². The molecule has 5 rings (SSSR count). The highest BCUT2D eigenvalue weighted by molar-refractivity contribution is 6.76. The molecule has 0 aromatic heterocycles. The molecule has 2 aromatic rings. The highest BCUT2D eigenvalue weighted by Gasteiger charge is 2.59. The summed E-state index contributed by atoms with van der Waals surface area (Å²) in [5.41, 5.74) is 0.730. The van der Waals surface area contributed by atoms with Crippen LogP contribution in [0.1, 0.15) is 30.9 Å². The van der Waals surface area contributed by atoms with Crippen molar-refractivity contribution in [3.63, 3.8) is 0 Å². The van der Waals surface area contributed by atoms with Gasteiger partial charge in [-0.3, -0.25) is 14.4 Å². The third kappa shape index (κ3) is 7.06. The van der Waals surface area contributed by atoms with E-state index in [1.807, 2.05) is 89.5 Å². The lowest BCUT2D eigenvalue weighted by atomic mass is 9.89. The molecular formula is C31H33Cl3N6O5. The summed E-state index contributed by atoms with van der Waals surface area (Å²) in [7, 11) is 0. The normalized spacial score (nSPS) is 22.8. The summed E-state index contributed by atoms with van der Waals surface area (Å²) in [6.45, 7) is 6.80. The quantitative estimate of drug-likeness (QED) is 0.223. The van der Waals surface area contributed by atoms with Gasteiger partial charge in [0.05, 0.1) is 17.9 Å². The molecular weight excluding hydrogens is 643 g/mol. The van der Waals surface area contributed by atoms with Crippen molar-refractivity contribution >= 4 is 58.7 Å². The lowest BCUT2D eigenvalue weighted by Crippen LogP contribution is -2.73. The predicted molar refractivity (Wildman–Crippen MR) is 171 cm³/mol. The number of amides is 3. The van der Waals surface area contributed by atoms with E-state index < -0.39 is 27.4 Å². The monoisotopic (exact) mass is 674 g/mol. The Morgan fingerprint density at radius 2 is 1.71 bits per heavy atom. The Morgan fingerprint density at radius 1 is 1.07 bits per heavy atom. The average Bonchev–Trinajstić information content (AvgIpc) is 3.58. The Bertz CT molecular complexity index is 1490.